The van der Waals surface area contributed by atoms with Crippen LogP contribution in [0.25, 0.3) is 11.1 Å². The number of carboxylic acid groups (broad SMARTS) is 1. The van der Waals surface area contributed by atoms with Crippen LogP contribution < -0.4 is 10.6 Å². The molecule has 3 aromatic rings. The van der Waals surface area contributed by atoms with Gasteiger partial charge in [-0.25, -0.2) is 4.79 Å². The van der Waals surface area contributed by atoms with E-state index in [1.165, 1.54) is 33.4 Å². The molecule has 0 atom stereocenters. The van der Waals surface area contributed by atoms with Crippen LogP contribution in [0.4, 0.5) is 13.2 Å². The van der Waals surface area contributed by atoms with Crippen LogP contribution in [0.1, 0.15) is 55.4 Å². The number of alkyl halides is 3. The maximum Gasteiger partial charge on any atom is 0.490 e. The minimum absolute atomic E-state index is 0.289. The molecule has 3 aromatic carbocycles. The molecule has 0 saturated carbocycles. The summed E-state index contributed by atoms with van der Waals surface area (Å²) in [5, 5.41) is 14.3. The van der Waals surface area contributed by atoms with Crippen molar-refractivity contribution in [2.75, 3.05) is 13.1 Å². The van der Waals surface area contributed by atoms with Crippen molar-refractivity contribution >= 4 is 11.9 Å². The predicted octanol–water partition coefficient (Wildman–Crippen LogP) is 6.37. The van der Waals surface area contributed by atoms with Crippen LogP contribution in [-0.2, 0) is 35.5 Å². The van der Waals surface area contributed by atoms with E-state index in [0.717, 1.165) is 45.3 Å². The maximum absolute atomic E-state index is 13.1. The number of rotatable bonds is 9. The monoisotopic (exact) mass is 609 g/mol. The first-order valence-corrected chi connectivity index (χ1v) is 15.3. The van der Waals surface area contributed by atoms with E-state index in [-0.39, 0.29) is 5.91 Å². The van der Waals surface area contributed by atoms with Gasteiger partial charge >= 0.3 is 12.1 Å². The Morgan fingerprint density at radius 2 is 1.39 bits per heavy atom. The molecule has 1 amide bonds. The second kappa shape index (κ2) is 15.3. The van der Waals surface area contributed by atoms with Gasteiger partial charge in [-0.15, -0.1) is 0 Å². The second-order valence-corrected chi connectivity index (χ2v) is 12.1. The summed E-state index contributed by atoms with van der Waals surface area (Å²) < 4.78 is 31.7. The molecule has 6 nitrogen and oxygen atoms in total. The molecule has 3 N–H and O–H groups in total. The fourth-order valence-corrected chi connectivity index (χ4v) is 5.79. The van der Waals surface area contributed by atoms with Gasteiger partial charge in [0.25, 0.3) is 0 Å². The van der Waals surface area contributed by atoms with Crippen molar-refractivity contribution < 1.29 is 27.9 Å². The van der Waals surface area contributed by atoms with Gasteiger partial charge < -0.3 is 20.6 Å². The molecule has 1 aliphatic heterocycles. The number of amides is 1. The number of nitrogens with zero attached hydrogens (tertiary/aromatic N) is 1. The van der Waals surface area contributed by atoms with Gasteiger partial charge in [-0.1, -0.05) is 86.6 Å². The van der Waals surface area contributed by atoms with Crippen molar-refractivity contribution in [1.29, 1.82) is 0 Å². The van der Waals surface area contributed by atoms with Crippen molar-refractivity contribution in [2.24, 2.45) is 5.92 Å². The number of fused-ring (bicyclic) bond motifs is 1. The van der Waals surface area contributed by atoms with E-state index in [4.69, 9.17) is 9.90 Å². The normalized spacial score (nSPS) is 15.4. The highest BCUT2D eigenvalue weighted by molar-refractivity contribution is 5.77. The van der Waals surface area contributed by atoms with Gasteiger partial charge in [-0.3, -0.25) is 4.79 Å². The number of carboxylic acids is 1. The van der Waals surface area contributed by atoms with Crippen molar-refractivity contribution in [3.8, 4) is 11.1 Å². The number of benzene rings is 3. The fourth-order valence-electron chi connectivity index (χ4n) is 5.79. The lowest BCUT2D eigenvalue weighted by molar-refractivity contribution is -0.192. The summed E-state index contributed by atoms with van der Waals surface area (Å²) in [4.78, 5) is 24.1. The highest BCUT2D eigenvalue weighted by atomic mass is 19.4. The van der Waals surface area contributed by atoms with Crippen LogP contribution in [0, 0.1) is 5.92 Å². The van der Waals surface area contributed by atoms with Gasteiger partial charge in [0.2, 0.25) is 5.91 Å². The number of nitrogens with one attached hydrogen (secondary N) is 2. The third kappa shape index (κ3) is 9.66. The number of carbonyl (C=O) groups excluding carboxylic acids is 1. The second-order valence-electron chi connectivity index (χ2n) is 12.1. The molecule has 0 unspecified atom stereocenters. The van der Waals surface area contributed by atoms with Gasteiger partial charge in [-0.05, 0) is 78.1 Å². The van der Waals surface area contributed by atoms with Crippen LogP contribution in [0.15, 0.2) is 72.8 Å². The number of halogens is 3. The van der Waals surface area contributed by atoms with Crippen molar-refractivity contribution in [3.05, 3.63) is 95.1 Å². The molecule has 9 heteroatoms. The average molecular weight is 610 g/mol. The van der Waals surface area contributed by atoms with Gasteiger partial charge in [0.05, 0.1) is 0 Å². The Bertz CT molecular complexity index is 1340. The molecule has 0 aromatic heterocycles. The molecule has 236 valence electrons. The van der Waals surface area contributed by atoms with E-state index in [0.29, 0.717) is 31.0 Å². The van der Waals surface area contributed by atoms with E-state index >= 15 is 0 Å². The van der Waals surface area contributed by atoms with E-state index in [2.05, 4.69) is 102 Å². The number of hydrogen-bond acceptors (Lipinski definition) is 4. The van der Waals surface area contributed by atoms with Crippen LogP contribution >= 0.6 is 0 Å². The molecular formula is C35H42F3N3O3. The summed E-state index contributed by atoms with van der Waals surface area (Å²) in [5.74, 6) is -2.09. The van der Waals surface area contributed by atoms with E-state index in [1.807, 2.05) is 0 Å². The molecular weight excluding hydrogens is 567 g/mol. The number of carbonyl (C=O) groups is 2. The smallest absolute Gasteiger partial charge is 0.475 e. The zero-order valence-corrected chi connectivity index (χ0v) is 25.4. The zero-order chi connectivity index (χ0) is 31.7. The van der Waals surface area contributed by atoms with Crippen LogP contribution in [0.3, 0.4) is 0 Å². The maximum atomic E-state index is 13.1. The van der Waals surface area contributed by atoms with Gasteiger partial charge in [0.1, 0.15) is 0 Å². The van der Waals surface area contributed by atoms with Gasteiger partial charge in [-0.2, -0.15) is 13.2 Å². The number of piperidine rings is 1. The fraction of sp³-hybridized carbons (Fsp3) is 0.429. The first-order chi connectivity index (χ1) is 21.0. The van der Waals surface area contributed by atoms with E-state index < -0.39 is 12.1 Å². The lowest BCUT2D eigenvalue weighted by Crippen LogP contribution is -2.46. The Kier molecular flexibility index (Phi) is 11.6. The summed E-state index contributed by atoms with van der Waals surface area (Å²) in [7, 11) is 0. The summed E-state index contributed by atoms with van der Waals surface area (Å²) in [6.45, 7) is 7.84. The molecule has 0 spiro atoms. The minimum atomic E-state index is -5.08. The summed E-state index contributed by atoms with van der Waals surface area (Å²) >= 11 is 0. The molecule has 2 aliphatic rings. The number of hydrogen-bond donors (Lipinski definition) is 3. The third-order valence-corrected chi connectivity index (χ3v) is 8.14. The standard InChI is InChI=1S/C33H41N3O.C2HF3O2/c1-24(2)19-33(37)36(32-15-17-34-18-16-32)23-26-9-13-28(14-10-26)27-11-7-25(8-12-27)22-35-31-20-29-5-3-4-6-30(29)21-31;3-2(4,5)1(6)7/h3-14,24,31-32,34-35H,15-23H2,1-2H3;(H,6,7). The molecule has 1 fully saturated rings. The quantitative estimate of drug-likeness (QED) is 0.263. The topological polar surface area (TPSA) is 81.7 Å². The van der Waals surface area contributed by atoms with Gasteiger partial charge in [0, 0.05) is 31.6 Å². The van der Waals surface area contributed by atoms with E-state index in [9.17, 15) is 18.0 Å². The summed E-state index contributed by atoms with van der Waals surface area (Å²) in [6, 6.07) is 27.4. The Labute approximate surface area is 257 Å². The molecule has 1 saturated heterocycles. The Balaban J connectivity index is 0.000000566. The van der Waals surface area contributed by atoms with E-state index in [1.54, 1.807) is 0 Å². The molecule has 0 radical (unpaired) electrons. The van der Waals surface area contributed by atoms with Crippen molar-refractivity contribution in [3.63, 3.8) is 0 Å². The van der Waals surface area contributed by atoms with Crippen molar-refractivity contribution in [2.45, 2.75) is 77.3 Å². The van der Waals surface area contributed by atoms with Crippen LogP contribution in [-0.4, -0.2) is 53.2 Å². The molecule has 0 bridgehead atoms. The highest BCUT2D eigenvalue weighted by Crippen LogP contribution is 2.25. The zero-order valence-electron chi connectivity index (χ0n) is 25.4. The molecule has 1 heterocycles. The third-order valence-electron chi connectivity index (χ3n) is 8.14. The molecule has 5 rings (SSSR count). The lowest BCUT2D eigenvalue weighted by Gasteiger charge is -2.35. The first kappa shape index (κ1) is 33.2. The lowest BCUT2D eigenvalue weighted by atomic mass is 9.99. The van der Waals surface area contributed by atoms with Crippen molar-refractivity contribution in [1.82, 2.24) is 15.5 Å². The highest BCUT2D eigenvalue weighted by Gasteiger charge is 2.38. The van der Waals surface area contributed by atoms with Crippen LogP contribution in [0.2, 0.25) is 0 Å². The molecule has 1 aliphatic carbocycles. The largest absolute Gasteiger partial charge is 0.490 e. The minimum Gasteiger partial charge on any atom is -0.475 e. The summed E-state index contributed by atoms with van der Waals surface area (Å²) in [6.07, 6.45) is -0.137. The Hall–Kier alpha value is -3.69. The Morgan fingerprint density at radius 3 is 1.86 bits per heavy atom. The SMILES string of the molecule is CC(C)CC(=O)N(Cc1ccc(-c2ccc(CNC3Cc4ccccc4C3)cc2)cc1)C1CCNCC1.O=C(O)C(F)(F)F. The Morgan fingerprint density at radius 1 is 0.886 bits per heavy atom. The summed E-state index contributed by atoms with van der Waals surface area (Å²) in [5.41, 5.74) is 7.95. The van der Waals surface area contributed by atoms with Crippen LogP contribution in [0.5, 0.6) is 0 Å². The van der Waals surface area contributed by atoms with Gasteiger partial charge in [0.15, 0.2) is 0 Å². The number of aliphatic carboxylic acids is 1. The molecule has 44 heavy (non-hydrogen) atoms. The average Bonchev–Trinajstić information content (AvgIpc) is 3.42. The predicted molar refractivity (Wildman–Crippen MR) is 166 cm³/mol. The first-order valence-electron chi connectivity index (χ1n) is 15.3.